The van der Waals surface area contributed by atoms with E-state index in [1.165, 1.54) is 0 Å². The van der Waals surface area contributed by atoms with E-state index in [1.807, 2.05) is 26.0 Å². The smallest absolute Gasteiger partial charge is 0.256 e. The maximum Gasteiger partial charge on any atom is 0.256 e. The summed E-state index contributed by atoms with van der Waals surface area (Å²) in [5.41, 5.74) is 4.06. The van der Waals surface area contributed by atoms with Crippen molar-refractivity contribution in [2.45, 2.75) is 19.9 Å². The van der Waals surface area contributed by atoms with Gasteiger partial charge in [0.25, 0.3) is 11.5 Å². The number of nitrogens with one attached hydrogen (secondary N) is 4. The van der Waals surface area contributed by atoms with Crippen LogP contribution in [-0.4, -0.2) is 58.5 Å². The number of likely N-dealkylation sites (N-methyl/N-ethyl adjacent to an activating group) is 1. The number of aryl methyl sites for hydroxylation is 1. The van der Waals surface area contributed by atoms with Crippen LogP contribution in [0.3, 0.4) is 0 Å². The van der Waals surface area contributed by atoms with Crippen LogP contribution in [0.5, 0.6) is 0 Å². The molecule has 4 rings (SSSR count). The van der Waals surface area contributed by atoms with Crippen LogP contribution < -0.4 is 21.6 Å². The third-order valence-electron chi connectivity index (χ3n) is 4.99. The zero-order valence-corrected chi connectivity index (χ0v) is 16.2. The Bertz CT molecular complexity index is 1170. The minimum absolute atomic E-state index is 0.0494. The van der Waals surface area contributed by atoms with Crippen molar-refractivity contribution in [3.63, 3.8) is 0 Å². The molecule has 28 heavy (non-hydrogen) atoms. The number of carbonyl (C=O) groups excluding carboxylic acids is 1. The Morgan fingerprint density at radius 3 is 2.82 bits per heavy atom. The number of hydrogen-bond donors (Lipinski definition) is 4. The van der Waals surface area contributed by atoms with Crippen molar-refractivity contribution in [2.75, 3.05) is 26.7 Å². The van der Waals surface area contributed by atoms with Crippen molar-refractivity contribution in [2.24, 2.45) is 4.99 Å². The molecule has 0 saturated heterocycles. The van der Waals surface area contributed by atoms with E-state index in [9.17, 15) is 9.59 Å². The zero-order valence-electron chi connectivity index (χ0n) is 16.2. The molecule has 0 fully saturated rings. The van der Waals surface area contributed by atoms with Gasteiger partial charge in [0, 0.05) is 44.1 Å². The van der Waals surface area contributed by atoms with Crippen LogP contribution in [-0.2, 0) is 0 Å². The molecule has 3 aliphatic rings. The first-order valence-corrected chi connectivity index (χ1v) is 9.38. The number of nitrogens with zero attached hydrogens (tertiary/aromatic N) is 2. The second-order valence-corrected chi connectivity index (χ2v) is 7.35. The van der Waals surface area contributed by atoms with E-state index in [4.69, 9.17) is 0 Å². The molecule has 0 aromatic carbocycles. The summed E-state index contributed by atoms with van der Waals surface area (Å²) < 4.78 is 0. The Balaban J connectivity index is 1.98. The van der Waals surface area contributed by atoms with Gasteiger partial charge in [0.15, 0.2) is 0 Å². The zero-order chi connectivity index (χ0) is 19.8. The van der Waals surface area contributed by atoms with Gasteiger partial charge in [0.1, 0.15) is 5.49 Å². The number of pyridine rings is 1. The average molecular weight is 380 g/mol. The van der Waals surface area contributed by atoms with Gasteiger partial charge in [-0.05, 0) is 32.1 Å². The summed E-state index contributed by atoms with van der Waals surface area (Å²) >= 11 is 0. The first-order chi connectivity index (χ1) is 13.4. The minimum Gasteiger partial charge on any atom is -0.358 e. The summed E-state index contributed by atoms with van der Waals surface area (Å²) in [5, 5.41) is 3.86. The van der Waals surface area contributed by atoms with Crippen LogP contribution >= 0.6 is 0 Å². The Hall–Kier alpha value is -3.13. The van der Waals surface area contributed by atoms with Crippen LogP contribution in [0.1, 0.15) is 28.7 Å². The number of hydrogen-bond acceptors (Lipinski definition) is 4. The van der Waals surface area contributed by atoms with Gasteiger partial charge in [0.05, 0.1) is 28.2 Å². The first kappa shape index (κ1) is 18.2. The number of aromatic nitrogens is 3. The lowest BCUT2D eigenvalue weighted by molar-refractivity contribution is 0.0796. The molecule has 1 aromatic heterocycles. The fourth-order valence-corrected chi connectivity index (χ4v) is 3.53. The van der Waals surface area contributed by atoms with Crippen LogP contribution in [0.25, 0.3) is 17.3 Å². The first-order valence-electron chi connectivity index (χ1n) is 9.38. The monoisotopic (exact) mass is 380 g/mol. The van der Waals surface area contributed by atoms with Crippen LogP contribution in [0.15, 0.2) is 28.1 Å². The van der Waals surface area contributed by atoms with E-state index in [0.717, 1.165) is 11.3 Å². The van der Waals surface area contributed by atoms with Gasteiger partial charge in [-0.25, -0.2) is 0 Å². The Morgan fingerprint density at radius 2 is 2.00 bits per heavy atom. The maximum atomic E-state index is 12.9. The molecule has 0 radical (unpaired) electrons. The minimum atomic E-state index is -0.196. The average Bonchev–Trinajstić information content (AvgIpc) is 3.17. The molecule has 4 N–H and O–H groups in total. The molecule has 4 heterocycles. The van der Waals surface area contributed by atoms with Gasteiger partial charge < -0.3 is 25.2 Å². The summed E-state index contributed by atoms with van der Waals surface area (Å²) in [5.74, 6) is -0.0775. The molecule has 2 bridgehead atoms. The highest BCUT2D eigenvalue weighted by atomic mass is 16.2. The van der Waals surface area contributed by atoms with E-state index in [2.05, 4.69) is 25.3 Å². The molecule has 0 saturated carbocycles. The van der Waals surface area contributed by atoms with E-state index in [1.54, 1.807) is 24.2 Å². The van der Waals surface area contributed by atoms with Crippen LogP contribution in [0, 0.1) is 6.92 Å². The Morgan fingerprint density at radius 1 is 1.18 bits per heavy atom. The molecular formula is C20H24N6O2. The predicted octanol–water partition coefficient (Wildman–Crippen LogP) is -0.0436. The van der Waals surface area contributed by atoms with Crippen molar-refractivity contribution in [1.82, 2.24) is 25.2 Å². The topological polar surface area (TPSA) is 109 Å². The van der Waals surface area contributed by atoms with E-state index in [0.29, 0.717) is 47.3 Å². The maximum absolute atomic E-state index is 12.9. The van der Waals surface area contributed by atoms with Gasteiger partial charge in [-0.3, -0.25) is 14.6 Å². The second-order valence-electron chi connectivity index (χ2n) is 7.35. The van der Waals surface area contributed by atoms with Crippen LogP contribution in [0.2, 0.25) is 0 Å². The van der Waals surface area contributed by atoms with E-state index >= 15 is 0 Å². The van der Waals surface area contributed by atoms with Crippen molar-refractivity contribution in [1.29, 1.82) is 0 Å². The largest absolute Gasteiger partial charge is 0.358 e. The normalized spacial score (nSPS) is 19.5. The SMILES string of the molecule is Cc1cc2c([nH]1)/C=c1/c3cc([nH]cc-3[nH]c1=O)=N[C@H](C)CNCCN(C)C2=O. The molecule has 0 unspecified atom stereocenters. The van der Waals surface area contributed by atoms with Gasteiger partial charge in [-0.2, -0.15) is 0 Å². The number of amides is 1. The van der Waals surface area contributed by atoms with E-state index in [-0.39, 0.29) is 17.5 Å². The Labute approximate surface area is 161 Å². The van der Waals surface area contributed by atoms with Crippen molar-refractivity contribution < 1.29 is 4.79 Å². The fraction of sp³-hybridized carbons (Fsp3) is 0.350. The summed E-state index contributed by atoms with van der Waals surface area (Å²) in [4.78, 5) is 41.1. The van der Waals surface area contributed by atoms with E-state index < -0.39 is 0 Å². The fourth-order valence-electron chi connectivity index (χ4n) is 3.53. The third kappa shape index (κ3) is 3.38. The molecule has 146 valence electrons. The molecule has 3 aliphatic heterocycles. The number of H-pyrrole nitrogens is 3. The summed E-state index contributed by atoms with van der Waals surface area (Å²) in [7, 11) is 1.79. The van der Waals surface area contributed by atoms with Gasteiger partial charge >= 0.3 is 0 Å². The standard InChI is InChI=1S/C20H24N6O2/c1-11-6-15-16(23-11)7-14-13-8-18(22-10-17(13)25-19(14)27)24-12(2)9-21-4-5-26(3)20(15)28/h6-8,10,12,21,23H,4-5,9H2,1-3H3,(H,22,24)(H,25,27)/b14-7-/t12-/m1/s1. The molecule has 1 amide bonds. The van der Waals surface area contributed by atoms with Crippen molar-refractivity contribution >= 4 is 12.0 Å². The number of rotatable bonds is 0. The lowest BCUT2D eigenvalue weighted by Gasteiger charge is -2.18. The molecule has 1 atom stereocenters. The lowest BCUT2D eigenvalue weighted by atomic mass is 10.1. The predicted molar refractivity (Wildman–Crippen MR) is 107 cm³/mol. The number of carbonyl (C=O) groups is 1. The quantitative estimate of drug-likeness (QED) is 0.439. The molecular weight excluding hydrogens is 356 g/mol. The van der Waals surface area contributed by atoms with Gasteiger partial charge in [-0.15, -0.1) is 0 Å². The lowest BCUT2D eigenvalue weighted by Crippen LogP contribution is -2.36. The number of fused-ring (bicyclic) bond motifs is 2. The highest BCUT2D eigenvalue weighted by Crippen LogP contribution is 2.15. The van der Waals surface area contributed by atoms with Crippen LogP contribution in [0.4, 0.5) is 0 Å². The van der Waals surface area contributed by atoms with Gasteiger partial charge in [0.2, 0.25) is 0 Å². The van der Waals surface area contributed by atoms with Crippen molar-refractivity contribution in [3.05, 3.63) is 56.3 Å². The summed E-state index contributed by atoms with van der Waals surface area (Å²) in [6.45, 7) is 5.87. The molecule has 1 aromatic rings. The molecule has 8 heteroatoms. The molecule has 8 nitrogen and oxygen atoms in total. The summed E-state index contributed by atoms with van der Waals surface area (Å²) in [6, 6.07) is 3.75. The highest BCUT2D eigenvalue weighted by molar-refractivity contribution is 5.97. The Kier molecular flexibility index (Phi) is 4.64. The van der Waals surface area contributed by atoms with Crippen molar-refractivity contribution in [3.8, 4) is 11.3 Å². The highest BCUT2D eigenvalue weighted by Gasteiger charge is 2.18. The number of aromatic amines is 3. The molecule has 0 aliphatic carbocycles. The molecule has 0 spiro atoms. The second kappa shape index (κ2) is 7.12. The third-order valence-corrected chi connectivity index (χ3v) is 4.99. The summed E-state index contributed by atoms with van der Waals surface area (Å²) in [6.07, 6.45) is 3.51. The van der Waals surface area contributed by atoms with Gasteiger partial charge in [-0.1, -0.05) is 0 Å².